The summed E-state index contributed by atoms with van der Waals surface area (Å²) < 4.78 is 6.04. The number of morpholine rings is 1. The smallest absolute Gasteiger partial charge is 0.161 e. The van der Waals surface area contributed by atoms with Crippen molar-refractivity contribution >= 4 is 11.5 Å². The van der Waals surface area contributed by atoms with Crippen LogP contribution in [0, 0.1) is 6.92 Å². The summed E-state index contributed by atoms with van der Waals surface area (Å²) in [5.41, 5.74) is 4.69. The predicted molar refractivity (Wildman–Crippen MR) is 142 cm³/mol. The van der Waals surface area contributed by atoms with E-state index in [1.165, 1.54) is 11.3 Å². The Morgan fingerprint density at radius 3 is 2.51 bits per heavy atom. The third-order valence-corrected chi connectivity index (χ3v) is 6.93. The van der Waals surface area contributed by atoms with E-state index < -0.39 is 0 Å². The molecule has 3 aromatic rings. The number of nitrogens with zero attached hydrogens (tertiary/aromatic N) is 5. The number of benzene rings is 2. The van der Waals surface area contributed by atoms with E-state index in [0.717, 1.165) is 81.7 Å². The molecule has 1 aromatic heterocycles. The first-order valence-electron chi connectivity index (χ1n) is 12.6. The first kappa shape index (κ1) is 23.7. The zero-order valence-corrected chi connectivity index (χ0v) is 20.9. The second kappa shape index (κ2) is 11.2. The molecule has 2 fully saturated rings. The summed E-state index contributed by atoms with van der Waals surface area (Å²) in [7, 11) is 2.18. The van der Waals surface area contributed by atoms with Gasteiger partial charge in [-0.1, -0.05) is 30.3 Å². The van der Waals surface area contributed by atoms with Crippen LogP contribution in [-0.2, 0) is 11.3 Å². The first-order valence-corrected chi connectivity index (χ1v) is 12.6. The average molecular weight is 473 g/mol. The molecule has 0 bridgehead atoms. The summed E-state index contributed by atoms with van der Waals surface area (Å²) in [5, 5.41) is 3.53. The number of likely N-dealkylation sites (N-methyl/N-ethyl adjacent to an activating group) is 1. The van der Waals surface area contributed by atoms with Crippen molar-refractivity contribution in [1.29, 1.82) is 0 Å². The lowest BCUT2D eigenvalue weighted by Crippen LogP contribution is -2.44. The molecule has 7 heteroatoms. The lowest BCUT2D eigenvalue weighted by atomic mass is 10.1. The van der Waals surface area contributed by atoms with Crippen molar-refractivity contribution < 1.29 is 4.74 Å². The molecule has 1 N–H and O–H groups in total. The van der Waals surface area contributed by atoms with E-state index in [2.05, 4.69) is 86.6 Å². The van der Waals surface area contributed by atoms with Gasteiger partial charge in [-0.25, -0.2) is 9.97 Å². The van der Waals surface area contributed by atoms with Crippen LogP contribution in [0.25, 0.3) is 11.4 Å². The van der Waals surface area contributed by atoms with Crippen molar-refractivity contribution in [3.8, 4) is 11.4 Å². The molecule has 2 aliphatic heterocycles. The maximum atomic E-state index is 6.04. The Balaban J connectivity index is 1.19. The lowest BCUT2D eigenvalue weighted by Gasteiger charge is -2.34. The predicted octanol–water partition coefficient (Wildman–Crippen LogP) is 3.52. The molecular weight excluding hydrogens is 436 g/mol. The molecule has 0 saturated carbocycles. The topological polar surface area (TPSA) is 56.8 Å². The molecule has 3 heterocycles. The normalized spacial score (nSPS) is 19.6. The second-order valence-corrected chi connectivity index (χ2v) is 9.66. The Kier molecular flexibility index (Phi) is 7.57. The Morgan fingerprint density at radius 1 is 0.971 bits per heavy atom. The van der Waals surface area contributed by atoms with E-state index in [0.29, 0.717) is 0 Å². The number of nitrogens with one attached hydrogen (secondary N) is 1. The average Bonchev–Trinajstić information content (AvgIpc) is 2.90. The van der Waals surface area contributed by atoms with Gasteiger partial charge < -0.3 is 19.9 Å². The van der Waals surface area contributed by atoms with Gasteiger partial charge in [0.25, 0.3) is 0 Å². The Hall–Kier alpha value is -3.00. The lowest BCUT2D eigenvalue weighted by molar-refractivity contribution is -0.0240. The monoisotopic (exact) mass is 472 g/mol. The molecule has 7 nitrogen and oxygen atoms in total. The number of hydrogen-bond donors (Lipinski definition) is 1. The quantitative estimate of drug-likeness (QED) is 0.565. The van der Waals surface area contributed by atoms with Gasteiger partial charge in [0, 0.05) is 75.4 Å². The first-order chi connectivity index (χ1) is 17.1. The second-order valence-electron chi connectivity index (χ2n) is 9.66. The minimum Gasteiger partial charge on any atom is -0.374 e. The molecule has 1 unspecified atom stereocenters. The molecule has 2 aromatic carbocycles. The molecule has 0 amide bonds. The molecule has 0 aliphatic carbocycles. The van der Waals surface area contributed by atoms with Crippen LogP contribution in [0.5, 0.6) is 0 Å². The van der Waals surface area contributed by atoms with Crippen molar-refractivity contribution in [2.75, 3.05) is 69.7 Å². The number of aryl methyl sites for hydroxylation is 1. The Bertz CT molecular complexity index is 1080. The van der Waals surface area contributed by atoms with E-state index in [4.69, 9.17) is 9.72 Å². The number of hydrogen-bond acceptors (Lipinski definition) is 7. The van der Waals surface area contributed by atoms with Crippen LogP contribution in [0.4, 0.5) is 11.5 Å². The zero-order valence-electron chi connectivity index (χ0n) is 20.9. The summed E-state index contributed by atoms with van der Waals surface area (Å²) in [6.45, 7) is 10.7. The SMILES string of the molecule is Cc1cnc(-c2ccc(N3CCN(C)CC3)cc2)nc1NCC1CN(Cc2ccccc2)CCO1. The summed E-state index contributed by atoms with van der Waals surface area (Å²) in [6, 6.07) is 19.3. The van der Waals surface area contributed by atoms with Crippen LogP contribution in [-0.4, -0.2) is 85.3 Å². The zero-order chi connectivity index (χ0) is 24.0. The van der Waals surface area contributed by atoms with Crippen LogP contribution in [0.3, 0.4) is 0 Å². The number of ether oxygens (including phenoxy) is 1. The minimum absolute atomic E-state index is 0.133. The third kappa shape index (κ3) is 6.17. The standard InChI is InChI=1S/C28H36N6O/c1-22-18-29-28(24-8-10-25(11-9-24)34-14-12-32(2)13-15-34)31-27(22)30-19-26-21-33(16-17-35-26)20-23-6-4-3-5-7-23/h3-11,18,26H,12-17,19-21H2,1-2H3,(H,29,30,31). The molecule has 0 spiro atoms. The van der Waals surface area contributed by atoms with Gasteiger partial charge in [-0.05, 0) is 43.8 Å². The summed E-state index contributed by atoms with van der Waals surface area (Å²) in [4.78, 5) is 16.7. The summed E-state index contributed by atoms with van der Waals surface area (Å²) >= 11 is 0. The van der Waals surface area contributed by atoms with E-state index in [9.17, 15) is 0 Å². The van der Waals surface area contributed by atoms with Gasteiger partial charge in [0.2, 0.25) is 0 Å². The molecule has 2 aliphatic rings. The molecule has 0 radical (unpaired) electrons. The minimum atomic E-state index is 0.133. The fraction of sp³-hybridized carbons (Fsp3) is 0.429. The summed E-state index contributed by atoms with van der Waals surface area (Å²) in [5.74, 6) is 1.63. The third-order valence-electron chi connectivity index (χ3n) is 6.93. The van der Waals surface area contributed by atoms with Crippen molar-refractivity contribution in [2.45, 2.75) is 19.6 Å². The van der Waals surface area contributed by atoms with Gasteiger partial charge in [-0.3, -0.25) is 4.90 Å². The molecule has 1 atom stereocenters. The van der Waals surface area contributed by atoms with Crippen LogP contribution >= 0.6 is 0 Å². The van der Waals surface area contributed by atoms with Crippen molar-refractivity contribution in [2.24, 2.45) is 0 Å². The fourth-order valence-corrected chi connectivity index (χ4v) is 4.75. The number of anilines is 2. The largest absolute Gasteiger partial charge is 0.374 e. The van der Waals surface area contributed by atoms with Gasteiger partial charge >= 0.3 is 0 Å². The summed E-state index contributed by atoms with van der Waals surface area (Å²) in [6.07, 6.45) is 2.04. The molecule has 2 saturated heterocycles. The van der Waals surface area contributed by atoms with Crippen LogP contribution < -0.4 is 10.2 Å². The molecule has 5 rings (SSSR count). The van der Waals surface area contributed by atoms with Crippen LogP contribution in [0.2, 0.25) is 0 Å². The fourth-order valence-electron chi connectivity index (χ4n) is 4.75. The van der Waals surface area contributed by atoms with Crippen molar-refractivity contribution in [1.82, 2.24) is 19.8 Å². The highest BCUT2D eigenvalue weighted by molar-refractivity contribution is 5.62. The van der Waals surface area contributed by atoms with Crippen molar-refractivity contribution in [3.63, 3.8) is 0 Å². The highest BCUT2D eigenvalue weighted by atomic mass is 16.5. The van der Waals surface area contributed by atoms with E-state index in [1.807, 2.05) is 13.1 Å². The Morgan fingerprint density at radius 2 is 1.74 bits per heavy atom. The number of piperazine rings is 1. The maximum Gasteiger partial charge on any atom is 0.161 e. The van der Waals surface area contributed by atoms with Crippen LogP contribution in [0.1, 0.15) is 11.1 Å². The van der Waals surface area contributed by atoms with Gasteiger partial charge in [0.05, 0.1) is 12.7 Å². The van der Waals surface area contributed by atoms with Crippen molar-refractivity contribution in [3.05, 3.63) is 71.9 Å². The van der Waals surface area contributed by atoms with E-state index >= 15 is 0 Å². The maximum absolute atomic E-state index is 6.04. The molecular formula is C28H36N6O. The molecule has 35 heavy (non-hydrogen) atoms. The van der Waals surface area contributed by atoms with E-state index in [1.54, 1.807) is 0 Å². The van der Waals surface area contributed by atoms with E-state index in [-0.39, 0.29) is 6.10 Å². The highest BCUT2D eigenvalue weighted by Crippen LogP contribution is 2.23. The van der Waals surface area contributed by atoms with Gasteiger partial charge in [0.15, 0.2) is 5.82 Å². The number of aromatic nitrogens is 2. The highest BCUT2D eigenvalue weighted by Gasteiger charge is 2.21. The van der Waals surface area contributed by atoms with Gasteiger partial charge in [0.1, 0.15) is 5.82 Å². The molecule has 184 valence electrons. The van der Waals surface area contributed by atoms with Crippen LogP contribution in [0.15, 0.2) is 60.8 Å². The van der Waals surface area contributed by atoms with Gasteiger partial charge in [-0.2, -0.15) is 0 Å². The Labute approximate surface area is 208 Å². The number of rotatable bonds is 7. The van der Waals surface area contributed by atoms with Gasteiger partial charge in [-0.15, -0.1) is 0 Å².